The van der Waals surface area contributed by atoms with E-state index in [0.717, 1.165) is 5.71 Å². The van der Waals surface area contributed by atoms with Crippen LogP contribution in [0.1, 0.15) is 5.56 Å². The Morgan fingerprint density at radius 2 is 1.92 bits per heavy atom. The normalized spacial score (nSPS) is 28.8. The zero-order chi connectivity index (χ0) is 8.67. The first kappa shape index (κ1) is 6.89. The van der Waals surface area contributed by atoms with Gasteiger partial charge >= 0.3 is 0 Å². The number of benzene rings is 1. The summed E-state index contributed by atoms with van der Waals surface area (Å²) in [7, 11) is 0. The SMILES string of the molecule is C1=CC2C(c3ccccc3)=NOC12. The van der Waals surface area contributed by atoms with Gasteiger partial charge in [-0.05, 0) is 6.08 Å². The first-order chi connectivity index (χ1) is 6.45. The standard InChI is InChI=1S/C11H9NO/c1-2-4-8(5-3-1)11-9-6-7-10(9)13-12-11/h1-7,9-10H. The van der Waals surface area contributed by atoms with Crippen molar-refractivity contribution in [3.63, 3.8) is 0 Å². The first-order valence-electron chi connectivity index (χ1n) is 4.42. The van der Waals surface area contributed by atoms with Crippen molar-refractivity contribution in [2.45, 2.75) is 6.10 Å². The Bertz CT molecular complexity index is 380. The fourth-order valence-electron chi connectivity index (χ4n) is 1.69. The number of nitrogens with zero attached hydrogens (tertiary/aromatic N) is 1. The van der Waals surface area contributed by atoms with Gasteiger partial charge in [0.2, 0.25) is 0 Å². The highest BCUT2D eigenvalue weighted by molar-refractivity contribution is 6.05. The molecule has 13 heavy (non-hydrogen) atoms. The van der Waals surface area contributed by atoms with Crippen molar-refractivity contribution in [2.24, 2.45) is 11.1 Å². The molecule has 1 aliphatic heterocycles. The second-order valence-corrected chi connectivity index (χ2v) is 3.32. The molecule has 1 aromatic carbocycles. The monoisotopic (exact) mass is 171 g/mol. The molecule has 64 valence electrons. The Labute approximate surface area is 76.5 Å². The van der Waals surface area contributed by atoms with Gasteiger partial charge in [-0.3, -0.25) is 0 Å². The number of hydrogen-bond donors (Lipinski definition) is 0. The molecule has 0 amide bonds. The van der Waals surface area contributed by atoms with Crippen molar-refractivity contribution >= 4 is 5.71 Å². The van der Waals surface area contributed by atoms with Gasteiger partial charge in [0.25, 0.3) is 0 Å². The molecule has 1 aliphatic carbocycles. The summed E-state index contributed by atoms with van der Waals surface area (Å²) in [6, 6.07) is 10.2. The lowest BCUT2D eigenvalue weighted by molar-refractivity contribution is 0.0943. The zero-order valence-electron chi connectivity index (χ0n) is 7.05. The van der Waals surface area contributed by atoms with Gasteiger partial charge in [-0.2, -0.15) is 0 Å². The van der Waals surface area contributed by atoms with E-state index in [1.807, 2.05) is 24.3 Å². The number of rotatable bonds is 1. The van der Waals surface area contributed by atoms with Gasteiger partial charge in [0.15, 0.2) is 6.10 Å². The lowest BCUT2D eigenvalue weighted by atomic mass is 9.85. The van der Waals surface area contributed by atoms with Crippen molar-refractivity contribution in [1.29, 1.82) is 0 Å². The molecule has 0 fully saturated rings. The van der Waals surface area contributed by atoms with Crippen LogP contribution in [-0.4, -0.2) is 11.8 Å². The third kappa shape index (κ3) is 0.917. The highest BCUT2D eigenvalue weighted by atomic mass is 16.6. The zero-order valence-corrected chi connectivity index (χ0v) is 7.05. The van der Waals surface area contributed by atoms with E-state index in [4.69, 9.17) is 4.84 Å². The molecule has 0 saturated heterocycles. The molecule has 2 heteroatoms. The fourth-order valence-corrected chi connectivity index (χ4v) is 1.69. The number of fused-ring (bicyclic) bond motifs is 1. The van der Waals surface area contributed by atoms with Crippen molar-refractivity contribution in [2.75, 3.05) is 0 Å². The van der Waals surface area contributed by atoms with Crippen LogP contribution < -0.4 is 0 Å². The highest BCUT2D eigenvalue weighted by Crippen LogP contribution is 2.31. The van der Waals surface area contributed by atoms with E-state index in [1.165, 1.54) is 5.56 Å². The fraction of sp³-hybridized carbons (Fsp3) is 0.182. The van der Waals surface area contributed by atoms with Gasteiger partial charge in [0.1, 0.15) is 0 Å². The molecule has 0 radical (unpaired) electrons. The second-order valence-electron chi connectivity index (χ2n) is 3.32. The average molecular weight is 171 g/mol. The van der Waals surface area contributed by atoms with E-state index < -0.39 is 0 Å². The van der Waals surface area contributed by atoms with Crippen molar-refractivity contribution in [1.82, 2.24) is 0 Å². The summed E-state index contributed by atoms with van der Waals surface area (Å²) in [6.07, 6.45) is 4.39. The summed E-state index contributed by atoms with van der Waals surface area (Å²) >= 11 is 0. The lowest BCUT2D eigenvalue weighted by Gasteiger charge is -2.19. The average Bonchev–Trinajstić information content (AvgIpc) is 2.43. The van der Waals surface area contributed by atoms with Gasteiger partial charge in [0, 0.05) is 5.56 Å². The van der Waals surface area contributed by atoms with Gasteiger partial charge in [-0.25, -0.2) is 0 Å². The van der Waals surface area contributed by atoms with Crippen molar-refractivity contribution in [3.05, 3.63) is 48.0 Å². The van der Waals surface area contributed by atoms with E-state index in [1.54, 1.807) is 0 Å². The predicted octanol–water partition coefficient (Wildman–Crippen LogP) is 1.98. The Morgan fingerprint density at radius 3 is 2.54 bits per heavy atom. The molecular weight excluding hydrogens is 162 g/mol. The van der Waals surface area contributed by atoms with Crippen LogP contribution in [-0.2, 0) is 4.84 Å². The van der Waals surface area contributed by atoms with E-state index in [0.29, 0.717) is 5.92 Å². The van der Waals surface area contributed by atoms with E-state index in [9.17, 15) is 0 Å². The molecule has 0 aromatic heterocycles. The maximum absolute atomic E-state index is 5.22. The molecule has 1 heterocycles. The minimum Gasteiger partial charge on any atom is -0.387 e. The van der Waals surface area contributed by atoms with Gasteiger partial charge in [0.05, 0.1) is 11.6 Å². The predicted molar refractivity (Wildman–Crippen MR) is 50.5 cm³/mol. The molecule has 2 nitrogen and oxygen atoms in total. The molecule has 0 spiro atoms. The van der Waals surface area contributed by atoms with Gasteiger partial charge in [-0.15, -0.1) is 0 Å². The minimum atomic E-state index is 0.204. The molecule has 1 aromatic rings. The Balaban J connectivity index is 1.99. The van der Waals surface area contributed by atoms with E-state index in [-0.39, 0.29) is 6.10 Å². The van der Waals surface area contributed by atoms with E-state index in [2.05, 4.69) is 23.4 Å². The third-order valence-electron chi connectivity index (χ3n) is 2.52. The molecular formula is C11H9NO. The maximum Gasteiger partial charge on any atom is 0.157 e. The van der Waals surface area contributed by atoms with Crippen LogP contribution in [0.25, 0.3) is 0 Å². The summed E-state index contributed by atoms with van der Waals surface area (Å²) in [5.74, 6) is 0.391. The molecule has 2 unspecified atom stereocenters. The third-order valence-corrected chi connectivity index (χ3v) is 2.52. The summed E-state index contributed by atoms with van der Waals surface area (Å²) < 4.78 is 0. The summed E-state index contributed by atoms with van der Waals surface area (Å²) in [6.45, 7) is 0. The minimum absolute atomic E-state index is 0.204. The van der Waals surface area contributed by atoms with Crippen LogP contribution in [0.3, 0.4) is 0 Å². The molecule has 0 bridgehead atoms. The van der Waals surface area contributed by atoms with Crippen LogP contribution in [0, 0.1) is 5.92 Å². The first-order valence-corrected chi connectivity index (χ1v) is 4.42. The van der Waals surface area contributed by atoms with Crippen molar-refractivity contribution < 1.29 is 4.84 Å². The number of hydrogen-bond acceptors (Lipinski definition) is 2. The van der Waals surface area contributed by atoms with Crippen LogP contribution in [0.2, 0.25) is 0 Å². The highest BCUT2D eigenvalue weighted by Gasteiger charge is 2.36. The molecule has 3 rings (SSSR count). The smallest absolute Gasteiger partial charge is 0.157 e. The summed E-state index contributed by atoms with van der Waals surface area (Å²) in [5.41, 5.74) is 2.23. The Morgan fingerprint density at radius 1 is 1.08 bits per heavy atom. The number of oxime groups is 1. The summed E-state index contributed by atoms with van der Waals surface area (Å²) in [5, 5.41) is 4.08. The van der Waals surface area contributed by atoms with E-state index >= 15 is 0 Å². The topological polar surface area (TPSA) is 21.6 Å². The van der Waals surface area contributed by atoms with Crippen molar-refractivity contribution in [3.8, 4) is 0 Å². The molecule has 0 N–H and O–H groups in total. The molecule has 2 atom stereocenters. The molecule has 2 aliphatic rings. The van der Waals surface area contributed by atoms with Crippen LogP contribution in [0.15, 0.2) is 47.6 Å². The van der Waals surface area contributed by atoms with Gasteiger partial charge < -0.3 is 4.84 Å². The summed E-state index contributed by atoms with van der Waals surface area (Å²) in [4.78, 5) is 5.22. The Hall–Kier alpha value is -1.57. The van der Waals surface area contributed by atoms with Crippen LogP contribution >= 0.6 is 0 Å². The second kappa shape index (κ2) is 2.46. The largest absolute Gasteiger partial charge is 0.387 e. The Kier molecular flexibility index (Phi) is 1.30. The maximum atomic E-state index is 5.22. The van der Waals surface area contributed by atoms with Crippen LogP contribution in [0.5, 0.6) is 0 Å². The van der Waals surface area contributed by atoms with Crippen LogP contribution in [0.4, 0.5) is 0 Å². The molecule has 0 saturated carbocycles. The quantitative estimate of drug-likeness (QED) is 0.592. The lowest BCUT2D eigenvalue weighted by Crippen LogP contribution is -2.27. The van der Waals surface area contributed by atoms with Gasteiger partial charge in [-0.1, -0.05) is 41.6 Å².